The number of alkyl halides is 2. The highest BCUT2D eigenvalue weighted by molar-refractivity contribution is 5.89. The summed E-state index contributed by atoms with van der Waals surface area (Å²) in [5, 5.41) is 4.05. The molecule has 3 rings (SSSR count). The zero-order chi connectivity index (χ0) is 18.0. The molecule has 0 aliphatic carbocycles. The zero-order valence-corrected chi connectivity index (χ0v) is 14.9. The maximum Gasteiger partial charge on any atom is 0.297 e. The lowest BCUT2D eigenvalue weighted by molar-refractivity contribution is -0.0814. The summed E-state index contributed by atoms with van der Waals surface area (Å²) in [7, 11) is 0. The second-order valence-corrected chi connectivity index (χ2v) is 7.69. The number of aromatic nitrogens is 2. The molecule has 1 N–H and O–H groups in total. The Kier molecular flexibility index (Phi) is 5.18. The van der Waals surface area contributed by atoms with E-state index >= 15 is 0 Å². The third-order valence-corrected chi connectivity index (χ3v) is 4.65. The Balaban J connectivity index is 1.84. The second kappa shape index (κ2) is 7.20. The first-order valence-electron chi connectivity index (χ1n) is 8.76. The molecule has 2 atom stereocenters. The van der Waals surface area contributed by atoms with Crippen molar-refractivity contribution in [3.8, 4) is 0 Å². The van der Waals surface area contributed by atoms with Crippen LogP contribution in [0.25, 0.3) is 10.9 Å². The van der Waals surface area contributed by atoms with Crippen molar-refractivity contribution in [2.75, 3.05) is 18.5 Å². The summed E-state index contributed by atoms with van der Waals surface area (Å²) in [6.07, 6.45) is -0.479. The maximum atomic E-state index is 13.1. The van der Waals surface area contributed by atoms with E-state index in [0.29, 0.717) is 23.8 Å². The topological polar surface area (TPSA) is 47.0 Å². The highest BCUT2D eigenvalue weighted by atomic mass is 19.3. The molecule has 0 radical (unpaired) electrons. The Morgan fingerprint density at radius 2 is 2.00 bits per heavy atom. The first-order valence-corrected chi connectivity index (χ1v) is 8.76. The number of hydrogen-bond donors (Lipinski definition) is 1. The Morgan fingerprint density at radius 1 is 1.24 bits per heavy atom. The van der Waals surface area contributed by atoms with E-state index in [9.17, 15) is 8.78 Å². The number of fused-ring (bicyclic) bond motifs is 1. The average Bonchev–Trinajstić information content (AvgIpc) is 2.58. The van der Waals surface area contributed by atoms with Crippen LogP contribution in [-0.4, -0.2) is 29.2 Å². The number of benzene rings is 1. The molecule has 2 heterocycles. The summed E-state index contributed by atoms with van der Waals surface area (Å²) in [4.78, 5) is 8.02. The lowest BCUT2D eigenvalue weighted by atomic mass is 9.78. The Labute approximate surface area is 147 Å². The quantitative estimate of drug-likeness (QED) is 0.859. The maximum absolute atomic E-state index is 13.1. The molecule has 0 bridgehead atoms. The summed E-state index contributed by atoms with van der Waals surface area (Å²) in [6.45, 7) is 7.94. The Bertz CT molecular complexity index is 730. The van der Waals surface area contributed by atoms with E-state index < -0.39 is 12.2 Å². The molecule has 1 fully saturated rings. The molecule has 1 aromatic carbocycles. The molecule has 1 aliphatic heterocycles. The number of anilines is 1. The van der Waals surface area contributed by atoms with Crippen molar-refractivity contribution in [2.24, 2.45) is 11.3 Å². The van der Waals surface area contributed by atoms with Gasteiger partial charge in [-0.1, -0.05) is 32.9 Å². The van der Waals surface area contributed by atoms with E-state index in [1.54, 1.807) is 12.1 Å². The standard InChI is InChI=1S/C19H25F2N3O/c1-19(2,3)15-12(7-6-10-25-15)11-22-17-13-8-4-5-9-14(13)23-18(24-17)16(20)21/h4-5,8-9,12,15-16H,6-7,10-11H2,1-3H3,(H,22,23,24). The molecule has 136 valence electrons. The van der Waals surface area contributed by atoms with Gasteiger partial charge in [0.2, 0.25) is 0 Å². The zero-order valence-electron chi connectivity index (χ0n) is 14.9. The van der Waals surface area contributed by atoms with Gasteiger partial charge in [0.15, 0.2) is 5.82 Å². The van der Waals surface area contributed by atoms with Crippen molar-refractivity contribution in [3.05, 3.63) is 30.1 Å². The molecular weight excluding hydrogens is 324 g/mol. The smallest absolute Gasteiger partial charge is 0.297 e. The lowest BCUT2D eigenvalue weighted by Crippen LogP contribution is -2.42. The predicted octanol–water partition coefficient (Wildman–Crippen LogP) is 4.82. The summed E-state index contributed by atoms with van der Waals surface area (Å²) in [5.41, 5.74) is 0.567. The van der Waals surface area contributed by atoms with Gasteiger partial charge < -0.3 is 10.1 Å². The summed E-state index contributed by atoms with van der Waals surface area (Å²) >= 11 is 0. The molecular formula is C19H25F2N3O. The summed E-state index contributed by atoms with van der Waals surface area (Å²) in [6, 6.07) is 7.24. The van der Waals surface area contributed by atoms with Gasteiger partial charge in [-0.15, -0.1) is 0 Å². The van der Waals surface area contributed by atoms with Gasteiger partial charge in [-0.05, 0) is 30.4 Å². The SMILES string of the molecule is CC(C)(C)C1OCCCC1CNc1nc(C(F)F)nc2ccccc12. The average molecular weight is 349 g/mol. The van der Waals surface area contributed by atoms with Gasteiger partial charge in [0, 0.05) is 24.5 Å². The number of nitrogens with one attached hydrogen (secondary N) is 1. The van der Waals surface area contributed by atoms with Gasteiger partial charge in [-0.2, -0.15) is 0 Å². The van der Waals surface area contributed by atoms with Crippen LogP contribution < -0.4 is 5.32 Å². The number of para-hydroxylation sites is 1. The van der Waals surface area contributed by atoms with Crippen LogP contribution in [0.3, 0.4) is 0 Å². The molecule has 0 spiro atoms. The monoisotopic (exact) mass is 349 g/mol. The van der Waals surface area contributed by atoms with Crippen molar-refractivity contribution in [1.29, 1.82) is 0 Å². The molecule has 2 unspecified atom stereocenters. The third-order valence-electron chi connectivity index (χ3n) is 4.65. The van der Waals surface area contributed by atoms with Gasteiger partial charge in [0.25, 0.3) is 6.43 Å². The van der Waals surface area contributed by atoms with Crippen molar-refractivity contribution in [3.63, 3.8) is 0 Å². The van der Waals surface area contributed by atoms with E-state index in [4.69, 9.17) is 4.74 Å². The van der Waals surface area contributed by atoms with Crippen molar-refractivity contribution >= 4 is 16.7 Å². The van der Waals surface area contributed by atoms with Gasteiger partial charge >= 0.3 is 0 Å². The van der Waals surface area contributed by atoms with Crippen LogP contribution >= 0.6 is 0 Å². The van der Waals surface area contributed by atoms with Gasteiger partial charge in [-0.3, -0.25) is 0 Å². The van der Waals surface area contributed by atoms with Crippen molar-refractivity contribution in [1.82, 2.24) is 9.97 Å². The molecule has 1 aromatic heterocycles. The number of hydrogen-bond acceptors (Lipinski definition) is 4. The number of halogens is 2. The molecule has 6 heteroatoms. The molecule has 0 saturated carbocycles. The molecule has 0 amide bonds. The number of ether oxygens (including phenoxy) is 1. The largest absolute Gasteiger partial charge is 0.377 e. The van der Waals surface area contributed by atoms with Crippen LogP contribution in [0.5, 0.6) is 0 Å². The minimum atomic E-state index is -2.69. The fraction of sp³-hybridized carbons (Fsp3) is 0.579. The minimum Gasteiger partial charge on any atom is -0.377 e. The first-order chi connectivity index (χ1) is 11.9. The van der Waals surface area contributed by atoms with Gasteiger partial charge in [-0.25, -0.2) is 18.7 Å². The predicted molar refractivity (Wildman–Crippen MR) is 94.9 cm³/mol. The van der Waals surface area contributed by atoms with E-state index in [1.807, 2.05) is 12.1 Å². The Morgan fingerprint density at radius 3 is 2.72 bits per heavy atom. The van der Waals surface area contributed by atoms with E-state index in [0.717, 1.165) is 24.8 Å². The third kappa shape index (κ3) is 4.06. The fourth-order valence-electron chi connectivity index (χ4n) is 3.56. The van der Waals surface area contributed by atoms with E-state index in [2.05, 4.69) is 36.1 Å². The second-order valence-electron chi connectivity index (χ2n) is 7.69. The van der Waals surface area contributed by atoms with Crippen LogP contribution in [-0.2, 0) is 4.74 Å². The highest BCUT2D eigenvalue weighted by Gasteiger charge is 2.35. The number of nitrogens with zero attached hydrogens (tertiary/aromatic N) is 2. The first kappa shape index (κ1) is 18.0. The molecule has 1 saturated heterocycles. The summed E-state index contributed by atoms with van der Waals surface area (Å²) < 4.78 is 32.2. The molecule has 2 aromatic rings. The van der Waals surface area contributed by atoms with Crippen LogP contribution in [0.2, 0.25) is 0 Å². The van der Waals surface area contributed by atoms with E-state index in [-0.39, 0.29) is 11.5 Å². The van der Waals surface area contributed by atoms with Gasteiger partial charge in [0.05, 0.1) is 11.6 Å². The van der Waals surface area contributed by atoms with Crippen LogP contribution in [0.15, 0.2) is 24.3 Å². The normalized spacial score (nSPS) is 21.7. The fourth-order valence-corrected chi connectivity index (χ4v) is 3.56. The lowest BCUT2D eigenvalue weighted by Gasteiger charge is -2.40. The summed E-state index contributed by atoms with van der Waals surface area (Å²) in [5.74, 6) is 0.352. The Hall–Kier alpha value is -1.82. The van der Waals surface area contributed by atoms with Crippen LogP contribution in [0.1, 0.15) is 45.9 Å². The minimum absolute atomic E-state index is 0.0363. The molecule has 4 nitrogen and oxygen atoms in total. The van der Waals surface area contributed by atoms with E-state index in [1.165, 1.54) is 0 Å². The molecule has 1 aliphatic rings. The van der Waals surface area contributed by atoms with Crippen LogP contribution in [0.4, 0.5) is 14.6 Å². The van der Waals surface area contributed by atoms with Crippen molar-refractivity contribution in [2.45, 2.75) is 46.1 Å². The van der Waals surface area contributed by atoms with Crippen molar-refractivity contribution < 1.29 is 13.5 Å². The number of rotatable bonds is 4. The molecule has 25 heavy (non-hydrogen) atoms. The highest BCUT2D eigenvalue weighted by Crippen LogP contribution is 2.34. The van der Waals surface area contributed by atoms with Gasteiger partial charge in [0.1, 0.15) is 5.82 Å². The van der Waals surface area contributed by atoms with Crippen LogP contribution in [0, 0.1) is 11.3 Å².